The molecular weight excluding hydrogens is 320 g/mol. The van der Waals surface area contributed by atoms with Crippen LogP contribution in [0.1, 0.15) is 66.2 Å². The Morgan fingerprint density at radius 3 is 2.47 bits per heavy atom. The van der Waals surface area contributed by atoms with E-state index in [1.165, 1.54) is 58.8 Å². The molecule has 1 aromatic carbocycles. The van der Waals surface area contributed by atoms with E-state index in [9.17, 15) is 0 Å². The van der Waals surface area contributed by atoms with Crippen LogP contribution in [0, 0.1) is 26.7 Å². The van der Waals surface area contributed by atoms with Crippen LogP contribution in [0.25, 0.3) is 0 Å². The molecule has 19 heavy (non-hydrogen) atoms. The molecule has 0 aromatic heterocycles. The van der Waals surface area contributed by atoms with Crippen molar-refractivity contribution in [3.8, 4) is 0 Å². The van der Waals surface area contributed by atoms with Crippen molar-refractivity contribution in [1.29, 1.82) is 0 Å². The van der Waals surface area contributed by atoms with E-state index in [4.69, 9.17) is 11.6 Å². The van der Waals surface area contributed by atoms with E-state index < -0.39 is 0 Å². The Morgan fingerprint density at radius 1 is 1.21 bits per heavy atom. The lowest BCUT2D eigenvalue weighted by molar-refractivity contribution is 0.479. The first-order chi connectivity index (χ1) is 9.00. The molecule has 1 atom stereocenters. The molecule has 0 amide bonds. The Bertz CT molecular complexity index is 447. The van der Waals surface area contributed by atoms with Gasteiger partial charge in [-0.3, -0.25) is 0 Å². The molecule has 0 bridgehead atoms. The van der Waals surface area contributed by atoms with Crippen molar-refractivity contribution in [2.24, 2.45) is 5.92 Å². The van der Waals surface area contributed by atoms with Crippen LogP contribution < -0.4 is 0 Å². The highest BCUT2D eigenvalue weighted by atomic mass is 79.9. The minimum Gasteiger partial charge on any atom is -0.118 e. The van der Waals surface area contributed by atoms with Crippen LogP contribution in [0.5, 0.6) is 0 Å². The first-order valence-corrected chi connectivity index (χ1v) is 8.64. The summed E-state index contributed by atoms with van der Waals surface area (Å²) in [6, 6.07) is 2.25. The molecule has 1 aromatic rings. The molecule has 1 saturated carbocycles. The van der Waals surface area contributed by atoms with Gasteiger partial charge in [0.05, 0.1) is 5.38 Å². The summed E-state index contributed by atoms with van der Waals surface area (Å²) in [6.45, 7) is 6.52. The molecule has 0 radical (unpaired) electrons. The fourth-order valence-corrected chi connectivity index (χ4v) is 4.27. The van der Waals surface area contributed by atoms with E-state index >= 15 is 0 Å². The van der Waals surface area contributed by atoms with Crippen LogP contribution in [0.4, 0.5) is 0 Å². The standard InChI is InChI=1S/C17H24BrCl/c1-11-10-12(2)17(18)13(3)16(11)15(19)9-8-14-6-4-5-7-14/h10,14-15H,4-9H2,1-3H3. The fourth-order valence-electron chi connectivity index (χ4n) is 3.48. The average molecular weight is 344 g/mol. The third-order valence-corrected chi connectivity index (χ3v) is 6.21. The van der Waals surface area contributed by atoms with Gasteiger partial charge in [-0.05, 0) is 61.8 Å². The lowest BCUT2D eigenvalue weighted by Gasteiger charge is -2.20. The van der Waals surface area contributed by atoms with Gasteiger partial charge in [-0.15, -0.1) is 11.6 Å². The predicted molar refractivity (Wildman–Crippen MR) is 88.1 cm³/mol. The SMILES string of the molecule is Cc1cc(C)c(C(Cl)CCC2CCCC2)c(C)c1Br. The van der Waals surface area contributed by atoms with E-state index in [1.54, 1.807) is 0 Å². The second kappa shape index (κ2) is 6.63. The lowest BCUT2D eigenvalue weighted by Crippen LogP contribution is -2.03. The second-order valence-electron chi connectivity index (χ2n) is 6.06. The summed E-state index contributed by atoms with van der Waals surface area (Å²) in [5.41, 5.74) is 5.31. The van der Waals surface area contributed by atoms with Crippen LogP contribution in [-0.2, 0) is 0 Å². The quantitative estimate of drug-likeness (QED) is 0.538. The summed E-state index contributed by atoms with van der Waals surface area (Å²) < 4.78 is 1.22. The smallest absolute Gasteiger partial charge is 0.0590 e. The lowest BCUT2D eigenvalue weighted by atomic mass is 9.92. The maximum absolute atomic E-state index is 6.70. The monoisotopic (exact) mass is 342 g/mol. The maximum atomic E-state index is 6.70. The Morgan fingerprint density at radius 2 is 1.84 bits per heavy atom. The van der Waals surface area contributed by atoms with Gasteiger partial charge in [-0.25, -0.2) is 0 Å². The third-order valence-electron chi connectivity index (χ3n) is 4.55. The van der Waals surface area contributed by atoms with Crippen molar-refractivity contribution in [3.63, 3.8) is 0 Å². The molecule has 0 nitrogen and oxygen atoms in total. The summed E-state index contributed by atoms with van der Waals surface area (Å²) in [6.07, 6.45) is 8.08. The predicted octanol–water partition coefficient (Wildman–Crippen LogP) is 6.62. The number of rotatable bonds is 4. The van der Waals surface area contributed by atoms with Crippen LogP contribution >= 0.6 is 27.5 Å². The van der Waals surface area contributed by atoms with E-state index in [1.807, 2.05) is 0 Å². The molecule has 1 aliphatic carbocycles. The number of halogens is 2. The number of hydrogen-bond donors (Lipinski definition) is 0. The molecule has 1 unspecified atom stereocenters. The Kier molecular flexibility index (Phi) is 5.37. The maximum Gasteiger partial charge on any atom is 0.0590 e. The van der Waals surface area contributed by atoms with Crippen molar-refractivity contribution >= 4 is 27.5 Å². The highest BCUT2D eigenvalue weighted by molar-refractivity contribution is 9.10. The van der Waals surface area contributed by atoms with Gasteiger partial charge < -0.3 is 0 Å². The van der Waals surface area contributed by atoms with Gasteiger partial charge >= 0.3 is 0 Å². The van der Waals surface area contributed by atoms with Crippen molar-refractivity contribution in [2.75, 3.05) is 0 Å². The molecular formula is C17H24BrCl. The van der Waals surface area contributed by atoms with Crippen molar-refractivity contribution < 1.29 is 0 Å². The van der Waals surface area contributed by atoms with Gasteiger partial charge in [0.2, 0.25) is 0 Å². The van der Waals surface area contributed by atoms with Gasteiger partial charge in [0, 0.05) is 4.47 Å². The number of alkyl halides is 1. The summed E-state index contributed by atoms with van der Waals surface area (Å²) in [5, 5.41) is 0.164. The third kappa shape index (κ3) is 3.55. The topological polar surface area (TPSA) is 0 Å². The summed E-state index contributed by atoms with van der Waals surface area (Å²) >= 11 is 10.4. The molecule has 0 spiro atoms. The van der Waals surface area contributed by atoms with Gasteiger partial charge in [-0.2, -0.15) is 0 Å². The van der Waals surface area contributed by atoms with Crippen LogP contribution in [0.3, 0.4) is 0 Å². The van der Waals surface area contributed by atoms with Gasteiger partial charge in [0.25, 0.3) is 0 Å². The minimum absolute atomic E-state index is 0.164. The molecule has 0 aliphatic heterocycles. The van der Waals surface area contributed by atoms with E-state index in [0.29, 0.717) is 0 Å². The molecule has 0 heterocycles. The molecule has 2 heteroatoms. The summed E-state index contributed by atoms with van der Waals surface area (Å²) in [7, 11) is 0. The zero-order valence-corrected chi connectivity index (χ0v) is 14.6. The number of hydrogen-bond acceptors (Lipinski definition) is 0. The first-order valence-electron chi connectivity index (χ1n) is 7.41. The molecule has 1 fully saturated rings. The van der Waals surface area contributed by atoms with E-state index in [-0.39, 0.29) is 5.38 Å². The molecule has 2 rings (SSSR count). The Hall–Kier alpha value is -0.0100. The molecule has 1 aliphatic rings. The second-order valence-corrected chi connectivity index (χ2v) is 7.38. The van der Waals surface area contributed by atoms with E-state index in [2.05, 4.69) is 42.8 Å². The van der Waals surface area contributed by atoms with Crippen molar-refractivity contribution in [3.05, 3.63) is 32.8 Å². The fraction of sp³-hybridized carbons (Fsp3) is 0.647. The molecule has 0 N–H and O–H groups in total. The Balaban J connectivity index is 2.09. The normalized spacial score (nSPS) is 17.9. The minimum atomic E-state index is 0.164. The van der Waals surface area contributed by atoms with Crippen LogP contribution in [-0.4, -0.2) is 0 Å². The molecule has 106 valence electrons. The van der Waals surface area contributed by atoms with Crippen LogP contribution in [0.2, 0.25) is 0 Å². The van der Waals surface area contributed by atoms with Crippen molar-refractivity contribution in [2.45, 2.75) is 64.7 Å². The molecule has 0 saturated heterocycles. The zero-order valence-electron chi connectivity index (χ0n) is 12.2. The van der Waals surface area contributed by atoms with Crippen molar-refractivity contribution in [1.82, 2.24) is 0 Å². The first kappa shape index (κ1) is 15.4. The average Bonchev–Trinajstić information content (AvgIpc) is 2.86. The highest BCUT2D eigenvalue weighted by Crippen LogP contribution is 2.38. The van der Waals surface area contributed by atoms with Gasteiger partial charge in [0.1, 0.15) is 0 Å². The summed E-state index contributed by atoms with van der Waals surface area (Å²) in [4.78, 5) is 0. The highest BCUT2D eigenvalue weighted by Gasteiger charge is 2.20. The zero-order chi connectivity index (χ0) is 14.0. The number of aryl methyl sites for hydroxylation is 2. The Labute approximate surface area is 131 Å². The van der Waals surface area contributed by atoms with Crippen LogP contribution in [0.15, 0.2) is 10.5 Å². The van der Waals surface area contributed by atoms with Gasteiger partial charge in [0.15, 0.2) is 0 Å². The van der Waals surface area contributed by atoms with E-state index in [0.717, 1.165) is 12.3 Å². The largest absolute Gasteiger partial charge is 0.118 e. The van der Waals surface area contributed by atoms with Gasteiger partial charge in [-0.1, -0.05) is 47.7 Å². The number of benzene rings is 1. The summed E-state index contributed by atoms with van der Waals surface area (Å²) in [5.74, 6) is 0.927.